The van der Waals surface area contributed by atoms with Gasteiger partial charge in [-0.2, -0.15) is 0 Å². The fourth-order valence-electron chi connectivity index (χ4n) is 2.86. The van der Waals surface area contributed by atoms with Crippen LogP contribution >= 0.6 is 0 Å². The Labute approximate surface area is 131 Å². The minimum atomic E-state index is -0.889. The molecule has 0 bridgehead atoms. The molecular formula is C17H26N2O3. The van der Waals surface area contributed by atoms with Crippen molar-refractivity contribution in [2.45, 2.75) is 50.5 Å². The van der Waals surface area contributed by atoms with E-state index in [1.165, 1.54) is 0 Å². The van der Waals surface area contributed by atoms with E-state index in [1.54, 1.807) is 12.1 Å². The van der Waals surface area contributed by atoms with Crippen molar-refractivity contribution >= 4 is 5.91 Å². The lowest BCUT2D eigenvalue weighted by atomic mass is 10.0. The van der Waals surface area contributed by atoms with Crippen molar-refractivity contribution in [3.63, 3.8) is 0 Å². The minimum Gasteiger partial charge on any atom is -0.390 e. The fourth-order valence-corrected chi connectivity index (χ4v) is 2.86. The van der Waals surface area contributed by atoms with E-state index in [0.717, 1.165) is 24.9 Å². The molecule has 0 aliphatic heterocycles. The van der Waals surface area contributed by atoms with Gasteiger partial charge in [-0.25, -0.2) is 0 Å². The van der Waals surface area contributed by atoms with Gasteiger partial charge in [0, 0.05) is 12.1 Å². The summed E-state index contributed by atoms with van der Waals surface area (Å²) in [5.74, 6) is -0.199. The molecule has 0 radical (unpaired) electrons. The first-order valence-electron chi connectivity index (χ1n) is 7.88. The molecule has 3 atom stereocenters. The zero-order chi connectivity index (χ0) is 16.1. The summed E-state index contributed by atoms with van der Waals surface area (Å²) in [4.78, 5) is 14.4. The van der Waals surface area contributed by atoms with Gasteiger partial charge >= 0.3 is 0 Å². The summed E-state index contributed by atoms with van der Waals surface area (Å²) < 4.78 is 0. The Hall–Kier alpha value is -1.43. The van der Waals surface area contributed by atoms with Gasteiger partial charge < -0.3 is 20.4 Å². The fraction of sp³-hybridized carbons (Fsp3) is 0.588. The Morgan fingerprint density at radius 2 is 1.82 bits per heavy atom. The third kappa shape index (κ3) is 4.53. The first-order valence-corrected chi connectivity index (χ1v) is 7.88. The summed E-state index contributed by atoms with van der Waals surface area (Å²) in [7, 11) is 4.00. The van der Waals surface area contributed by atoms with Crippen molar-refractivity contribution in [1.82, 2.24) is 10.2 Å². The van der Waals surface area contributed by atoms with Crippen LogP contribution < -0.4 is 5.32 Å². The number of nitrogens with one attached hydrogen (secondary N) is 1. The number of nitrogens with zero attached hydrogens (tertiary/aromatic N) is 1. The maximum Gasteiger partial charge on any atom is 0.251 e. The van der Waals surface area contributed by atoms with Crippen LogP contribution in [0.2, 0.25) is 0 Å². The highest BCUT2D eigenvalue weighted by Crippen LogP contribution is 2.19. The minimum absolute atomic E-state index is 0.199. The van der Waals surface area contributed by atoms with Crippen LogP contribution in [0.5, 0.6) is 0 Å². The highest BCUT2D eigenvalue weighted by Gasteiger charge is 2.29. The number of carbonyl (C=O) groups is 1. The Morgan fingerprint density at radius 3 is 2.45 bits per heavy atom. The highest BCUT2D eigenvalue weighted by molar-refractivity contribution is 5.94. The second-order valence-electron chi connectivity index (χ2n) is 6.36. The van der Waals surface area contributed by atoms with Crippen LogP contribution in [0.15, 0.2) is 24.3 Å². The molecule has 0 spiro atoms. The summed E-state index contributed by atoms with van der Waals surface area (Å²) in [6.07, 6.45) is 1.43. The number of aliphatic hydroxyl groups is 2. The maximum absolute atomic E-state index is 12.3. The molecular weight excluding hydrogens is 280 g/mol. The van der Waals surface area contributed by atoms with Crippen LogP contribution in [0.3, 0.4) is 0 Å². The predicted molar refractivity (Wildman–Crippen MR) is 85.6 cm³/mol. The summed E-state index contributed by atoms with van der Waals surface area (Å²) in [5.41, 5.74) is 1.72. The third-order valence-electron chi connectivity index (χ3n) is 4.10. The van der Waals surface area contributed by atoms with Crippen molar-refractivity contribution in [2.75, 3.05) is 14.1 Å². The average molecular weight is 306 g/mol. The Balaban J connectivity index is 1.98. The predicted octanol–water partition coefficient (Wildman–Crippen LogP) is 1.14. The molecule has 2 rings (SSSR count). The molecule has 0 heterocycles. The maximum atomic E-state index is 12.3. The van der Waals surface area contributed by atoms with Crippen LogP contribution in [0.4, 0.5) is 0 Å². The molecule has 5 nitrogen and oxygen atoms in total. The quantitative estimate of drug-likeness (QED) is 0.730. The monoisotopic (exact) mass is 306 g/mol. The van der Waals surface area contributed by atoms with E-state index in [4.69, 9.17) is 0 Å². The standard InChI is InChI=1S/C17H26N2O3/c1-19(2)11-12-7-9-13(10-8-12)17(22)18-14-5-3-4-6-15(20)16(14)21/h7-10,14-16,20-21H,3-6,11H2,1-2H3,(H,18,22)/t14-,15-,16-/m1/s1. The van der Waals surface area contributed by atoms with E-state index in [2.05, 4.69) is 10.2 Å². The molecule has 0 saturated heterocycles. The van der Waals surface area contributed by atoms with E-state index in [1.807, 2.05) is 26.2 Å². The summed E-state index contributed by atoms with van der Waals surface area (Å²) in [6.45, 7) is 0.829. The molecule has 3 N–H and O–H groups in total. The van der Waals surface area contributed by atoms with E-state index >= 15 is 0 Å². The molecule has 1 aromatic carbocycles. The van der Waals surface area contributed by atoms with Crippen molar-refractivity contribution in [3.05, 3.63) is 35.4 Å². The lowest BCUT2D eigenvalue weighted by Gasteiger charge is -2.25. The van der Waals surface area contributed by atoms with Gasteiger partial charge in [0.05, 0.1) is 18.2 Å². The average Bonchev–Trinajstić information content (AvgIpc) is 2.63. The SMILES string of the molecule is CN(C)Cc1ccc(C(=O)N[C@@H]2CCCC[C@@H](O)[C@@H]2O)cc1. The van der Waals surface area contributed by atoms with Gasteiger partial charge in [0.15, 0.2) is 0 Å². The number of hydrogen-bond donors (Lipinski definition) is 3. The molecule has 1 aliphatic rings. The largest absolute Gasteiger partial charge is 0.390 e. The first-order chi connectivity index (χ1) is 10.5. The number of carbonyl (C=O) groups excluding carboxylic acids is 1. The molecule has 1 amide bonds. The summed E-state index contributed by atoms with van der Waals surface area (Å²) >= 11 is 0. The Morgan fingerprint density at radius 1 is 1.18 bits per heavy atom. The van der Waals surface area contributed by atoms with Crippen LogP contribution in [0, 0.1) is 0 Å². The zero-order valence-electron chi connectivity index (χ0n) is 13.3. The number of aliphatic hydroxyl groups excluding tert-OH is 2. The van der Waals surface area contributed by atoms with E-state index in [9.17, 15) is 15.0 Å². The molecule has 22 heavy (non-hydrogen) atoms. The smallest absolute Gasteiger partial charge is 0.251 e. The van der Waals surface area contributed by atoms with Crippen molar-refractivity contribution in [2.24, 2.45) is 0 Å². The summed E-state index contributed by atoms with van der Waals surface area (Å²) in [5, 5.41) is 22.8. The number of rotatable bonds is 4. The Bertz CT molecular complexity index is 487. The van der Waals surface area contributed by atoms with Gasteiger partial charge in [-0.3, -0.25) is 4.79 Å². The third-order valence-corrected chi connectivity index (χ3v) is 4.10. The molecule has 1 aromatic rings. The second kappa shape index (κ2) is 7.72. The van der Waals surface area contributed by atoms with Crippen LogP contribution in [0.1, 0.15) is 41.6 Å². The van der Waals surface area contributed by atoms with E-state index in [-0.39, 0.29) is 11.9 Å². The molecule has 5 heteroatoms. The van der Waals surface area contributed by atoms with Gasteiger partial charge in [-0.1, -0.05) is 25.0 Å². The molecule has 1 aliphatic carbocycles. The Kier molecular flexibility index (Phi) is 5.94. The van der Waals surface area contributed by atoms with E-state index in [0.29, 0.717) is 18.4 Å². The zero-order valence-corrected chi connectivity index (χ0v) is 13.3. The lowest BCUT2D eigenvalue weighted by Crippen LogP contribution is -2.47. The number of amides is 1. The van der Waals surface area contributed by atoms with Crippen LogP contribution in [0.25, 0.3) is 0 Å². The molecule has 1 fully saturated rings. The van der Waals surface area contributed by atoms with Crippen molar-refractivity contribution < 1.29 is 15.0 Å². The molecule has 122 valence electrons. The van der Waals surface area contributed by atoms with Crippen LogP contribution in [-0.2, 0) is 6.54 Å². The summed E-state index contributed by atoms with van der Waals surface area (Å²) in [6, 6.07) is 7.09. The van der Waals surface area contributed by atoms with Crippen LogP contribution in [-0.4, -0.2) is 53.4 Å². The topological polar surface area (TPSA) is 72.8 Å². The lowest BCUT2D eigenvalue weighted by molar-refractivity contribution is -0.00124. The van der Waals surface area contributed by atoms with Gasteiger partial charge in [-0.05, 0) is 44.6 Å². The first kappa shape index (κ1) is 16.9. The highest BCUT2D eigenvalue weighted by atomic mass is 16.3. The second-order valence-corrected chi connectivity index (χ2v) is 6.36. The number of hydrogen-bond acceptors (Lipinski definition) is 4. The normalized spacial score (nSPS) is 25.8. The van der Waals surface area contributed by atoms with Crippen molar-refractivity contribution in [3.8, 4) is 0 Å². The van der Waals surface area contributed by atoms with E-state index < -0.39 is 12.2 Å². The van der Waals surface area contributed by atoms with Gasteiger partial charge in [0.25, 0.3) is 5.91 Å². The number of benzene rings is 1. The molecule has 1 saturated carbocycles. The molecule has 0 unspecified atom stereocenters. The van der Waals surface area contributed by atoms with Gasteiger partial charge in [0.2, 0.25) is 0 Å². The van der Waals surface area contributed by atoms with Crippen molar-refractivity contribution in [1.29, 1.82) is 0 Å². The molecule has 0 aromatic heterocycles. The van der Waals surface area contributed by atoms with Gasteiger partial charge in [-0.15, -0.1) is 0 Å². The van der Waals surface area contributed by atoms with Gasteiger partial charge in [0.1, 0.15) is 0 Å².